The fourth-order valence-corrected chi connectivity index (χ4v) is 3.57. The van der Waals surface area contributed by atoms with E-state index in [1.54, 1.807) is 38.3 Å². The van der Waals surface area contributed by atoms with Crippen molar-refractivity contribution >= 4 is 32.2 Å². The summed E-state index contributed by atoms with van der Waals surface area (Å²) in [4.78, 5) is 4.02. The molecule has 0 spiro atoms. The molecule has 0 radical (unpaired) electrons. The topological polar surface area (TPSA) is 56.3 Å². The van der Waals surface area contributed by atoms with E-state index < -0.39 is 15.1 Å². The first-order valence-corrected chi connectivity index (χ1v) is 7.82. The first kappa shape index (κ1) is 14.1. The van der Waals surface area contributed by atoms with Crippen molar-refractivity contribution in [2.75, 3.05) is 13.0 Å². The third-order valence-corrected chi connectivity index (χ3v) is 5.70. The number of methoxy groups -OCH3 is 1. The average Bonchev–Trinajstić information content (AvgIpc) is 2.44. The second-order valence-corrected chi connectivity index (χ2v) is 6.77. The van der Waals surface area contributed by atoms with Crippen molar-refractivity contribution in [3.8, 4) is 5.75 Å². The normalized spacial score (nSPS) is 13.4. The van der Waals surface area contributed by atoms with Crippen LogP contribution in [0, 0.1) is 0 Å². The third-order valence-electron chi connectivity index (χ3n) is 2.97. The zero-order valence-electron chi connectivity index (χ0n) is 10.6. The van der Waals surface area contributed by atoms with Gasteiger partial charge < -0.3 is 4.74 Å². The molecule has 0 amide bonds. The lowest BCUT2D eigenvalue weighted by Gasteiger charge is -2.12. The molecule has 1 heterocycles. The maximum atomic E-state index is 12.4. The highest BCUT2D eigenvalue weighted by molar-refractivity contribution is 7.92. The van der Waals surface area contributed by atoms with Crippen LogP contribution in [-0.4, -0.2) is 31.6 Å². The molecule has 2 rings (SSSR count). The Morgan fingerprint density at radius 1 is 1.32 bits per heavy atom. The van der Waals surface area contributed by atoms with Crippen LogP contribution in [0.4, 0.5) is 0 Å². The predicted octanol–water partition coefficient (Wildman–Crippen LogP) is 2.64. The fourth-order valence-electron chi connectivity index (χ4n) is 1.83. The van der Waals surface area contributed by atoms with E-state index in [4.69, 9.17) is 16.3 Å². The smallest absolute Gasteiger partial charge is 0.199 e. The summed E-state index contributed by atoms with van der Waals surface area (Å²) in [7, 11) is -1.99. The van der Waals surface area contributed by atoms with Crippen molar-refractivity contribution < 1.29 is 13.2 Å². The van der Waals surface area contributed by atoms with Crippen molar-refractivity contribution in [2.24, 2.45) is 0 Å². The molecule has 2 aromatic rings. The number of benzene rings is 1. The minimum Gasteiger partial charge on any atom is -0.496 e. The molecule has 1 aromatic heterocycles. The van der Waals surface area contributed by atoms with Crippen LogP contribution < -0.4 is 4.74 Å². The molecule has 102 valence electrons. The maximum Gasteiger partial charge on any atom is 0.199 e. The fraction of sp³-hybridized carbons (Fsp3) is 0.308. The van der Waals surface area contributed by atoms with Crippen LogP contribution in [0.15, 0.2) is 35.5 Å². The zero-order valence-corrected chi connectivity index (χ0v) is 12.2. The number of hydrogen-bond donors (Lipinski definition) is 0. The van der Waals surface area contributed by atoms with E-state index in [0.717, 1.165) is 5.39 Å². The predicted molar refractivity (Wildman–Crippen MR) is 75.7 cm³/mol. The minimum atomic E-state index is -3.54. The van der Waals surface area contributed by atoms with Gasteiger partial charge in [0, 0.05) is 22.8 Å². The van der Waals surface area contributed by atoms with E-state index in [2.05, 4.69) is 4.98 Å². The van der Waals surface area contributed by atoms with E-state index in [0.29, 0.717) is 11.1 Å². The van der Waals surface area contributed by atoms with Crippen LogP contribution in [0.2, 0.25) is 0 Å². The largest absolute Gasteiger partial charge is 0.496 e. The quantitative estimate of drug-likeness (QED) is 0.814. The van der Waals surface area contributed by atoms with Crippen LogP contribution in [0.5, 0.6) is 5.75 Å². The van der Waals surface area contributed by atoms with Gasteiger partial charge in [0.25, 0.3) is 0 Å². The second-order valence-electron chi connectivity index (χ2n) is 4.18. The first-order chi connectivity index (χ1) is 9.02. The lowest BCUT2D eigenvalue weighted by atomic mass is 10.1. The Morgan fingerprint density at radius 3 is 2.68 bits per heavy atom. The third kappa shape index (κ3) is 2.40. The van der Waals surface area contributed by atoms with Gasteiger partial charge in [-0.15, -0.1) is 11.6 Å². The molecule has 19 heavy (non-hydrogen) atoms. The number of pyridine rings is 1. The summed E-state index contributed by atoms with van der Waals surface area (Å²) in [5.74, 6) is 0.652. The number of sulfone groups is 1. The van der Waals surface area contributed by atoms with Gasteiger partial charge in [0.05, 0.1) is 12.4 Å². The monoisotopic (exact) mass is 299 g/mol. The standard InChI is InChI=1S/C13H14ClNO3S/c1-9(8-14)19(16,17)13-11-4-3-5-12(18-2)10(11)6-7-15-13/h3-7,9H,8H2,1-2H3. The SMILES string of the molecule is COc1cccc2c(S(=O)(=O)C(C)CCl)nccc12. The van der Waals surface area contributed by atoms with Crippen molar-refractivity contribution in [3.63, 3.8) is 0 Å². The molecule has 6 heteroatoms. The Hall–Kier alpha value is -1.33. The molecule has 0 saturated carbocycles. The number of nitrogens with zero attached hydrogens (tertiary/aromatic N) is 1. The summed E-state index contributed by atoms with van der Waals surface area (Å²) in [5, 5.41) is 0.648. The van der Waals surface area contributed by atoms with Crippen LogP contribution >= 0.6 is 11.6 Å². The number of halogens is 1. The number of alkyl halides is 1. The molecule has 0 aliphatic carbocycles. The van der Waals surface area contributed by atoms with Gasteiger partial charge in [-0.3, -0.25) is 0 Å². The first-order valence-electron chi connectivity index (χ1n) is 5.74. The van der Waals surface area contributed by atoms with E-state index in [9.17, 15) is 8.42 Å². The summed E-state index contributed by atoms with van der Waals surface area (Å²) in [6.07, 6.45) is 1.47. The summed E-state index contributed by atoms with van der Waals surface area (Å²) in [5.41, 5.74) is 0. The maximum absolute atomic E-state index is 12.4. The number of fused-ring (bicyclic) bond motifs is 1. The van der Waals surface area contributed by atoms with Gasteiger partial charge in [-0.2, -0.15) is 0 Å². The van der Waals surface area contributed by atoms with Crippen molar-refractivity contribution in [2.45, 2.75) is 17.2 Å². The van der Waals surface area contributed by atoms with Crippen molar-refractivity contribution in [1.82, 2.24) is 4.98 Å². The molecule has 1 aromatic carbocycles. The Morgan fingerprint density at radius 2 is 2.05 bits per heavy atom. The van der Waals surface area contributed by atoms with Gasteiger partial charge in [0.15, 0.2) is 14.9 Å². The van der Waals surface area contributed by atoms with Gasteiger partial charge in [-0.05, 0) is 19.1 Å². The van der Waals surface area contributed by atoms with Crippen LogP contribution in [0.1, 0.15) is 6.92 Å². The Labute approximate surface area is 117 Å². The number of aromatic nitrogens is 1. The number of rotatable bonds is 4. The van der Waals surface area contributed by atoms with Crippen LogP contribution in [-0.2, 0) is 9.84 Å². The van der Waals surface area contributed by atoms with Crippen molar-refractivity contribution in [1.29, 1.82) is 0 Å². The molecule has 4 nitrogen and oxygen atoms in total. The zero-order chi connectivity index (χ0) is 14.0. The highest BCUT2D eigenvalue weighted by Crippen LogP contribution is 2.30. The summed E-state index contributed by atoms with van der Waals surface area (Å²) in [6.45, 7) is 1.57. The molecular formula is C13H14ClNO3S. The van der Waals surface area contributed by atoms with Crippen LogP contribution in [0.3, 0.4) is 0 Å². The van der Waals surface area contributed by atoms with Crippen LogP contribution in [0.25, 0.3) is 10.8 Å². The lowest BCUT2D eigenvalue weighted by Crippen LogP contribution is -2.20. The molecule has 0 fully saturated rings. The summed E-state index contributed by atoms with van der Waals surface area (Å²) >= 11 is 5.66. The second kappa shape index (κ2) is 5.35. The highest BCUT2D eigenvalue weighted by Gasteiger charge is 2.26. The van der Waals surface area contributed by atoms with Gasteiger partial charge in [0.2, 0.25) is 0 Å². The van der Waals surface area contributed by atoms with Gasteiger partial charge in [-0.1, -0.05) is 12.1 Å². The number of hydrogen-bond acceptors (Lipinski definition) is 4. The molecular weight excluding hydrogens is 286 g/mol. The minimum absolute atomic E-state index is 0.0321. The Bertz CT molecular complexity index is 700. The molecule has 1 atom stereocenters. The molecule has 0 aliphatic rings. The Balaban J connectivity index is 2.76. The van der Waals surface area contributed by atoms with Gasteiger partial charge >= 0.3 is 0 Å². The van der Waals surface area contributed by atoms with E-state index in [-0.39, 0.29) is 10.9 Å². The number of ether oxygens (including phenoxy) is 1. The van der Waals surface area contributed by atoms with Gasteiger partial charge in [0.1, 0.15) is 5.75 Å². The van der Waals surface area contributed by atoms with E-state index in [1.807, 2.05) is 0 Å². The molecule has 0 N–H and O–H groups in total. The molecule has 0 saturated heterocycles. The highest BCUT2D eigenvalue weighted by atomic mass is 35.5. The Kier molecular flexibility index (Phi) is 3.96. The summed E-state index contributed by atoms with van der Waals surface area (Å²) in [6, 6.07) is 6.98. The average molecular weight is 300 g/mol. The molecule has 0 aliphatic heterocycles. The molecule has 0 bridgehead atoms. The summed E-state index contributed by atoms with van der Waals surface area (Å²) < 4.78 is 30.0. The lowest BCUT2D eigenvalue weighted by molar-refractivity contribution is 0.419. The van der Waals surface area contributed by atoms with Gasteiger partial charge in [-0.25, -0.2) is 13.4 Å². The van der Waals surface area contributed by atoms with E-state index >= 15 is 0 Å². The molecule has 1 unspecified atom stereocenters. The van der Waals surface area contributed by atoms with Crippen molar-refractivity contribution in [3.05, 3.63) is 30.5 Å². The van der Waals surface area contributed by atoms with E-state index in [1.165, 1.54) is 6.20 Å².